The number of hydrogen-bond donors (Lipinski definition) is 2. The lowest BCUT2D eigenvalue weighted by molar-refractivity contribution is 0.632. The predicted octanol–water partition coefficient (Wildman–Crippen LogP) is 3.30. The van der Waals surface area contributed by atoms with Gasteiger partial charge in [0.1, 0.15) is 12.2 Å². The molecule has 0 saturated carbocycles. The molecule has 0 aliphatic rings. The normalized spacial score (nSPS) is 11.1. The maximum Gasteiger partial charge on any atom is 0.191 e. The van der Waals surface area contributed by atoms with Gasteiger partial charge in [-0.2, -0.15) is 0 Å². The van der Waals surface area contributed by atoms with Crippen LogP contribution in [0.2, 0.25) is 5.02 Å². The minimum atomic E-state index is 0. The van der Waals surface area contributed by atoms with E-state index in [-0.39, 0.29) is 24.0 Å². The molecule has 1 aromatic heterocycles. The summed E-state index contributed by atoms with van der Waals surface area (Å²) in [6.07, 6.45) is 4.55. The molecule has 0 radical (unpaired) electrons. The SMILES string of the molecule is CCNC(=NCCCc1ccccc1Cl)NCCn1cnnc1CC.I. The first-order valence-corrected chi connectivity index (χ1v) is 9.24. The topological polar surface area (TPSA) is 67.1 Å². The van der Waals surface area contributed by atoms with Gasteiger partial charge in [0.2, 0.25) is 0 Å². The van der Waals surface area contributed by atoms with Gasteiger partial charge >= 0.3 is 0 Å². The lowest BCUT2D eigenvalue weighted by Gasteiger charge is -2.12. The van der Waals surface area contributed by atoms with Gasteiger partial charge in [0.25, 0.3) is 0 Å². The van der Waals surface area contributed by atoms with E-state index in [0.29, 0.717) is 0 Å². The van der Waals surface area contributed by atoms with Crippen LogP contribution in [-0.4, -0.2) is 40.4 Å². The molecule has 1 aromatic carbocycles. The molecule has 0 aliphatic carbocycles. The van der Waals surface area contributed by atoms with E-state index < -0.39 is 0 Å². The van der Waals surface area contributed by atoms with Crippen molar-refractivity contribution >= 4 is 41.5 Å². The van der Waals surface area contributed by atoms with Crippen LogP contribution in [0.3, 0.4) is 0 Å². The standard InChI is InChI=1S/C18H27ClN6.HI/c1-3-17-24-23-14-25(17)13-12-22-18(20-4-2)21-11-7-9-15-8-5-6-10-16(15)19;/h5-6,8,10,14H,3-4,7,9,11-13H2,1-2H3,(H2,20,21,22);1H. The highest BCUT2D eigenvalue weighted by atomic mass is 127. The number of nitrogens with zero attached hydrogens (tertiary/aromatic N) is 4. The van der Waals surface area contributed by atoms with Crippen molar-refractivity contribution in [3.05, 3.63) is 47.0 Å². The Labute approximate surface area is 177 Å². The van der Waals surface area contributed by atoms with Gasteiger partial charge < -0.3 is 15.2 Å². The van der Waals surface area contributed by atoms with Gasteiger partial charge in [-0.25, -0.2) is 0 Å². The van der Waals surface area contributed by atoms with Crippen LogP contribution in [0, 0.1) is 0 Å². The number of aryl methyl sites for hydroxylation is 2. The number of halogens is 2. The van der Waals surface area contributed by atoms with Crippen LogP contribution in [0.25, 0.3) is 0 Å². The molecule has 8 heteroatoms. The van der Waals surface area contributed by atoms with Crippen LogP contribution in [0.5, 0.6) is 0 Å². The van der Waals surface area contributed by atoms with E-state index in [2.05, 4.69) is 50.3 Å². The molecule has 0 saturated heterocycles. The molecule has 1 heterocycles. The summed E-state index contributed by atoms with van der Waals surface area (Å²) in [7, 11) is 0. The summed E-state index contributed by atoms with van der Waals surface area (Å²) >= 11 is 6.18. The fraction of sp³-hybridized carbons (Fsp3) is 0.500. The number of guanidine groups is 1. The van der Waals surface area contributed by atoms with Crippen LogP contribution in [0.15, 0.2) is 35.6 Å². The maximum atomic E-state index is 6.18. The van der Waals surface area contributed by atoms with E-state index in [1.807, 2.05) is 18.2 Å². The van der Waals surface area contributed by atoms with Gasteiger partial charge in [0.05, 0.1) is 0 Å². The lowest BCUT2D eigenvalue weighted by atomic mass is 10.1. The third-order valence-electron chi connectivity index (χ3n) is 3.83. The minimum Gasteiger partial charge on any atom is -0.357 e. The third kappa shape index (κ3) is 7.49. The Kier molecular flexibility index (Phi) is 11.3. The van der Waals surface area contributed by atoms with Crippen LogP contribution in [-0.2, 0) is 19.4 Å². The van der Waals surface area contributed by atoms with Gasteiger partial charge in [-0.1, -0.05) is 36.7 Å². The molecule has 2 rings (SSSR count). The predicted molar refractivity (Wildman–Crippen MR) is 119 cm³/mol. The summed E-state index contributed by atoms with van der Waals surface area (Å²) in [5.74, 6) is 1.84. The Morgan fingerprint density at radius 1 is 1.23 bits per heavy atom. The number of rotatable bonds is 9. The Bertz CT molecular complexity index is 673. The average molecular weight is 491 g/mol. The van der Waals surface area contributed by atoms with Crippen molar-refractivity contribution in [2.24, 2.45) is 4.99 Å². The molecule has 144 valence electrons. The molecule has 0 fully saturated rings. The lowest BCUT2D eigenvalue weighted by Crippen LogP contribution is -2.39. The smallest absolute Gasteiger partial charge is 0.191 e. The van der Waals surface area contributed by atoms with Crippen molar-refractivity contribution in [1.82, 2.24) is 25.4 Å². The summed E-state index contributed by atoms with van der Waals surface area (Å²) in [5, 5.41) is 15.5. The first-order chi connectivity index (χ1) is 12.2. The number of aliphatic imine (C=N–C) groups is 1. The molecule has 0 aliphatic heterocycles. The zero-order valence-electron chi connectivity index (χ0n) is 15.4. The van der Waals surface area contributed by atoms with E-state index >= 15 is 0 Å². The summed E-state index contributed by atoms with van der Waals surface area (Å²) < 4.78 is 2.06. The van der Waals surface area contributed by atoms with Crippen molar-refractivity contribution in [3.63, 3.8) is 0 Å². The van der Waals surface area contributed by atoms with Gasteiger partial charge in [0, 0.05) is 37.6 Å². The second-order valence-electron chi connectivity index (χ2n) is 5.68. The van der Waals surface area contributed by atoms with Crippen molar-refractivity contribution < 1.29 is 0 Å². The van der Waals surface area contributed by atoms with E-state index in [9.17, 15) is 0 Å². The largest absolute Gasteiger partial charge is 0.357 e. The van der Waals surface area contributed by atoms with Crippen LogP contribution >= 0.6 is 35.6 Å². The molecule has 0 spiro atoms. The van der Waals surface area contributed by atoms with E-state index in [1.54, 1.807) is 6.33 Å². The van der Waals surface area contributed by atoms with Gasteiger partial charge in [0.15, 0.2) is 5.96 Å². The highest BCUT2D eigenvalue weighted by molar-refractivity contribution is 14.0. The molecular weight excluding hydrogens is 463 g/mol. The fourth-order valence-corrected chi connectivity index (χ4v) is 2.77. The Morgan fingerprint density at radius 2 is 2.04 bits per heavy atom. The van der Waals surface area contributed by atoms with Crippen molar-refractivity contribution in [3.8, 4) is 0 Å². The summed E-state index contributed by atoms with van der Waals surface area (Å²) in [6.45, 7) is 7.34. The summed E-state index contributed by atoms with van der Waals surface area (Å²) in [4.78, 5) is 4.63. The summed E-state index contributed by atoms with van der Waals surface area (Å²) in [5.41, 5.74) is 1.18. The van der Waals surface area contributed by atoms with Gasteiger partial charge in [-0.05, 0) is 31.4 Å². The van der Waals surface area contributed by atoms with Gasteiger partial charge in [-0.15, -0.1) is 34.2 Å². The zero-order chi connectivity index (χ0) is 17.9. The third-order valence-corrected chi connectivity index (χ3v) is 4.20. The van der Waals surface area contributed by atoms with Crippen LogP contribution < -0.4 is 10.6 Å². The molecule has 2 N–H and O–H groups in total. The minimum absolute atomic E-state index is 0. The Morgan fingerprint density at radius 3 is 2.77 bits per heavy atom. The highest BCUT2D eigenvalue weighted by Crippen LogP contribution is 2.16. The van der Waals surface area contributed by atoms with Crippen LogP contribution in [0.4, 0.5) is 0 Å². The average Bonchev–Trinajstić information content (AvgIpc) is 3.07. The first-order valence-electron chi connectivity index (χ1n) is 8.86. The second-order valence-corrected chi connectivity index (χ2v) is 6.08. The number of aromatic nitrogens is 3. The van der Waals surface area contributed by atoms with Gasteiger partial charge in [-0.3, -0.25) is 4.99 Å². The first kappa shape index (κ1) is 22.7. The zero-order valence-corrected chi connectivity index (χ0v) is 18.5. The van der Waals surface area contributed by atoms with E-state index in [4.69, 9.17) is 11.6 Å². The molecule has 0 atom stereocenters. The molecular formula is C18H28ClIN6. The van der Waals surface area contributed by atoms with Crippen molar-refractivity contribution in [1.29, 1.82) is 0 Å². The van der Waals surface area contributed by atoms with E-state index in [0.717, 1.165) is 62.2 Å². The van der Waals surface area contributed by atoms with Crippen molar-refractivity contribution in [2.75, 3.05) is 19.6 Å². The molecule has 6 nitrogen and oxygen atoms in total. The monoisotopic (exact) mass is 490 g/mol. The van der Waals surface area contributed by atoms with E-state index in [1.165, 1.54) is 5.56 Å². The molecule has 0 bridgehead atoms. The Balaban J connectivity index is 0.00000338. The maximum absolute atomic E-state index is 6.18. The highest BCUT2D eigenvalue weighted by Gasteiger charge is 2.02. The number of benzene rings is 1. The molecule has 0 amide bonds. The number of hydrogen-bond acceptors (Lipinski definition) is 3. The molecule has 2 aromatic rings. The van der Waals surface area contributed by atoms with Crippen molar-refractivity contribution in [2.45, 2.75) is 39.7 Å². The molecule has 0 unspecified atom stereocenters. The second kappa shape index (κ2) is 12.9. The quantitative estimate of drug-likeness (QED) is 0.245. The Hall–Kier alpha value is -1.35. The molecule has 26 heavy (non-hydrogen) atoms. The fourth-order valence-electron chi connectivity index (χ4n) is 2.54. The van der Waals surface area contributed by atoms with Crippen LogP contribution in [0.1, 0.15) is 31.7 Å². The summed E-state index contributed by atoms with van der Waals surface area (Å²) in [6, 6.07) is 7.98. The number of nitrogens with one attached hydrogen (secondary N) is 2.